The summed E-state index contributed by atoms with van der Waals surface area (Å²) >= 11 is 0. The summed E-state index contributed by atoms with van der Waals surface area (Å²) in [7, 11) is 0. The highest BCUT2D eigenvalue weighted by Crippen LogP contribution is 2.19. The maximum Gasteiger partial charge on any atom is 0.132 e. The molecule has 0 saturated carbocycles. The lowest BCUT2D eigenvalue weighted by Crippen LogP contribution is -2.24. The molecule has 0 saturated heterocycles. The van der Waals surface area contributed by atoms with Crippen molar-refractivity contribution in [3.8, 4) is 0 Å². The Balaban J connectivity index is 1.91. The van der Waals surface area contributed by atoms with Crippen LogP contribution in [-0.4, -0.2) is 15.0 Å². The van der Waals surface area contributed by atoms with Gasteiger partial charge in [0.1, 0.15) is 12.1 Å². The first-order chi connectivity index (χ1) is 11.2. The summed E-state index contributed by atoms with van der Waals surface area (Å²) < 4.78 is 0. The standard InChI is InChI=1S/C19H20N4/c1-15-6-3-4-8-18(15)13-23(12-17-7-5-9-20-11-17)19-10-16(2)21-14-22-19/h3-11,14H,12-13H2,1-2H3. The molecule has 0 bridgehead atoms. The molecule has 0 amide bonds. The van der Waals surface area contributed by atoms with Gasteiger partial charge in [0.25, 0.3) is 0 Å². The number of rotatable bonds is 5. The Bertz CT molecular complexity index is 771. The van der Waals surface area contributed by atoms with E-state index in [-0.39, 0.29) is 0 Å². The van der Waals surface area contributed by atoms with Gasteiger partial charge < -0.3 is 4.90 Å². The second-order valence-electron chi connectivity index (χ2n) is 5.66. The van der Waals surface area contributed by atoms with Crippen LogP contribution in [0.5, 0.6) is 0 Å². The van der Waals surface area contributed by atoms with Gasteiger partial charge in [0, 0.05) is 37.2 Å². The van der Waals surface area contributed by atoms with Crippen LogP contribution in [0.1, 0.15) is 22.4 Å². The molecular weight excluding hydrogens is 284 g/mol. The zero-order valence-electron chi connectivity index (χ0n) is 13.5. The van der Waals surface area contributed by atoms with Gasteiger partial charge in [-0.15, -0.1) is 0 Å². The van der Waals surface area contributed by atoms with Crippen LogP contribution in [0.3, 0.4) is 0 Å². The smallest absolute Gasteiger partial charge is 0.132 e. The topological polar surface area (TPSA) is 41.9 Å². The van der Waals surface area contributed by atoms with Crippen molar-refractivity contribution in [2.75, 3.05) is 4.90 Å². The molecule has 23 heavy (non-hydrogen) atoms. The van der Waals surface area contributed by atoms with Gasteiger partial charge in [-0.2, -0.15) is 0 Å². The van der Waals surface area contributed by atoms with Crippen LogP contribution in [0.2, 0.25) is 0 Å². The summed E-state index contributed by atoms with van der Waals surface area (Å²) in [6, 6.07) is 14.5. The molecule has 2 heterocycles. The lowest BCUT2D eigenvalue weighted by molar-refractivity contribution is 0.772. The normalized spacial score (nSPS) is 10.5. The number of benzene rings is 1. The van der Waals surface area contributed by atoms with E-state index in [4.69, 9.17) is 0 Å². The van der Waals surface area contributed by atoms with Crippen LogP contribution in [0, 0.1) is 13.8 Å². The molecule has 0 unspecified atom stereocenters. The van der Waals surface area contributed by atoms with Crippen molar-refractivity contribution in [2.24, 2.45) is 0 Å². The third-order valence-electron chi connectivity index (χ3n) is 3.83. The number of nitrogens with zero attached hydrogens (tertiary/aromatic N) is 4. The van der Waals surface area contributed by atoms with Crippen LogP contribution in [0.25, 0.3) is 0 Å². The van der Waals surface area contributed by atoms with Crippen LogP contribution in [0.4, 0.5) is 5.82 Å². The molecule has 3 rings (SSSR count). The minimum atomic E-state index is 0.763. The number of pyridine rings is 1. The lowest BCUT2D eigenvalue weighted by atomic mass is 10.1. The van der Waals surface area contributed by atoms with Gasteiger partial charge in [0.05, 0.1) is 0 Å². The first kappa shape index (κ1) is 15.2. The maximum atomic E-state index is 4.46. The summed E-state index contributed by atoms with van der Waals surface area (Å²) in [4.78, 5) is 15.1. The predicted octanol–water partition coefficient (Wildman–Crippen LogP) is 3.70. The Morgan fingerprint density at radius 3 is 2.57 bits per heavy atom. The highest BCUT2D eigenvalue weighted by atomic mass is 15.2. The number of aryl methyl sites for hydroxylation is 2. The van der Waals surface area contributed by atoms with E-state index < -0.39 is 0 Å². The molecule has 1 aromatic carbocycles. The van der Waals surface area contributed by atoms with Crippen molar-refractivity contribution >= 4 is 5.82 Å². The van der Waals surface area contributed by atoms with Gasteiger partial charge >= 0.3 is 0 Å². The number of aromatic nitrogens is 3. The average Bonchev–Trinajstić information content (AvgIpc) is 2.57. The van der Waals surface area contributed by atoms with Crippen molar-refractivity contribution in [3.63, 3.8) is 0 Å². The molecule has 0 aliphatic carbocycles. The largest absolute Gasteiger partial charge is 0.348 e. The van der Waals surface area contributed by atoms with E-state index in [0.717, 1.165) is 30.2 Å². The molecule has 0 fully saturated rings. The fraction of sp³-hybridized carbons (Fsp3) is 0.211. The fourth-order valence-electron chi connectivity index (χ4n) is 2.54. The first-order valence-electron chi connectivity index (χ1n) is 7.69. The second kappa shape index (κ2) is 7.01. The van der Waals surface area contributed by atoms with Gasteiger partial charge in [-0.1, -0.05) is 30.3 Å². The predicted molar refractivity (Wildman–Crippen MR) is 92.1 cm³/mol. The molecule has 4 nitrogen and oxygen atoms in total. The maximum absolute atomic E-state index is 4.46. The summed E-state index contributed by atoms with van der Waals surface area (Å²) in [6.07, 6.45) is 5.32. The molecule has 4 heteroatoms. The molecule has 0 aliphatic rings. The molecule has 0 radical (unpaired) electrons. The summed E-state index contributed by atoms with van der Waals surface area (Å²) in [5.41, 5.74) is 4.72. The van der Waals surface area contributed by atoms with Gasteiger partial charge in [0.2, 0.25) is 0 Å². The Morgan fingerprint density at radius 2 is 1.83 bits per heavy atom. The summed E-state index contributed by atoms with van der Waals surface area (Å²) in [5.74, 6) is 0.935. The van der Waals surface area contributed by atoms with Crippen molar-refractivity contribution in [1.29, 1.82) is 0 Å². The van der Waals surface area contributed by atoms with Gasteiger partial charge in [-0.3, -0.25) is 4.98 Å². The molecule has 2 aromatic heterocycles. The molecule has 3 aromatic rings. The van der Waals surface area contributed by atoms with Crippen molar-refractivity contribution < 1.29 is 0 Å². The molecule has 0 N–H and O–H groups in total. The monoisotopic (exact) mass is 304 g/mol. The number of anilines is 1. The van der Waals surface area contributed by atoms with Crippen LogP contribution in [-0.2, 0) is 13.1 Å². The van der Waals surface area contributed by atoms with Crippen LogP contribution >= 0.6 is 0 Å². The Hall–Kier alpha value is -2.75. The van der Waals surface area contributed by atoms with E-state index in [0.29, 0.717) is 0 Å². The number of hydrogen-bond acceptors (Lipinski definition) is 4. The zero-order chi connectivity index (χ0) is 16.1. The highest BCUT2D eigenvalue weighted by molar-refractivity contribution is 5.42. The summed E-state index contributed by atoms with van der Waals surface area (Å²) in [5, 5.41) is 0. The van der Waals surface area contributed by atoms with Gasteiger partial charge in [-0.05, 0) is 36.6 Å². The van der Waals surface area contributed by atoms with Crippen LogP contribution < -0.4 is 4.90 Å². The minimum Gasteiger partial charge on any atom is -0.348 e. The fourth-order valence-corrected chi connectivity index (χ4v) is 2.54. The van der Waals surface area contributed by atoms with E-state index in [2.05, 4.69) is 57.1 Å². The SMILES string of the molecule is Cc1cc(N(Cc2cccnc2)Cc2ccccc2C)ncn1. The van der Waals surface area contributed by atoms with Crippen molar-refractivity contribution in [2.45, 2.75) is 26.9 Å². The molecule has 116 valence electrons. The van der Waals surface area contributed by atoms with E-state index in [9.17, 15) is 0 Å². The van der Waals surface area contributed by atoms with Crippen molar-refractivity contribution in [3.05, 3.63) is 83.6 Å². The molecular formula is C19H20N4. The average molecular weight is 304 g/mol. The quantitative estimate of drug-likeness (QED) is 0.721. The van der Waals surface area contributed by atoms with E-state index in [1.54, 1.807) is 12.5 Å². The Morgan fingerprint density at radius 1 is 0.957 bits per heavy atom. The summed E-state index contributed by atoms with van der Waals surface area (Å²) in [6.45, 7) is 5.70. The van der Waals surface area contributed by atoms with Gasteiger partial charge in [-0.25, -0.2) is 9.97 Å². The zero-order valence-corrected chi connectivity index (χ0v) is 13.5. The Labute approximate surface area is 136 Å². The number of hydrogen-bond donors (Lipinski definition) is 0. The van der Waals surface area contributed by atoms with E-state index in [1.165, 1.54) is 11.1 Å². The second-order valence-corrected chi connectivity index (χ2v) is 5.66. The third kappa shape index (κ3) is 3.92. The first-order valence-corrected chi connectivity index (χ1v) is 7.69. The molecule has 0 spiro atoms. The third-order valence-corrected chi connectivity index (χ3v) is 3.83. The molecule has 0 atom stereocenters. The molecule has 0 aliphatic heterocycles. The van der Waals surface area contributed by atoms with Gasteiger partial charge in [0.15, 0.2) is 0 Å². The van der Waals surface area contributed by atoms with E-state index in [1.807, 2.05) is 25.3 Å². The lowest BCUT2D eigenvalue weighted by Gasteiger charge is -2.24. The minimum absolute atomic E-state index is 0.763. The van der Waals surface area contributed by atoms with E-state index >= 15 is 0 Å². The van der Waals surface area contributed by atoms with Crippen LogP contribution in [0.15, 0.2) is 61.2 Å². The Kier molecular flexibility index (Phi) is 4.62. The van der Waals surface area contributed by atoms with Crippen molar-refractivity contribution in [1.82, 2.24) is 15.0 Å². The highest BCUT2D eigenvalue weighted by Gasteiger charge is 2.11.